The highest BCUT2D eigenvalue weighted by molar-refractivity contribution is 7.85. The van der Waals surface area contributed by atoms with Crippen LogP contribution in [0, 0.1) is 0 Å². The summed E-state index contributed by atoms with van der Waals surface area (Å²) in [6.45, 7) is 4.08. The first-order valence-electron chi connectivity index (χ1n) is 5.44. The molecule has 0 aromatic heterocycles. The quantitative estimate of drug-likeness (QED) is 0.743. The summed E-state index contributed by atoms with van der Waals surface area (Å²) in [5.41, 5.74) is 12.5. The van der Waals surface area contributed by atoms with Crippen LogP contribution in [0.3, 0.4) is 0 Å². The molecule has 5 N–H and O–H groups in total. The summed E-state index contributed by atoms with van der Waals surface area (Å²) in [6, 6.07) is 5.35. The van der Waals surface area contributed by atoms with Crippen LogP contribution in [0.4, 0.5) is 5.69 Å². The predicted molar refractivity (Wildman–Crippen MR) is 72.7 cm³/mol. The minimum absolute atomic E-state index is 0.201. The number of hydrogen-bond acceptors (Lipinski definition) is 4. The van der Waals surface area contributed by atoms with Crippen molar-refractivity contribution < 1.29 is 8.95 Å². The van der Waals surface area contributed by atoms with Crippen molar-refractivity contribution in [2.75, 3.05) is 11.3 Å². The Balaban J connectivity index is 2.33. The topological polar surface area (TPSA) is 103 Å². The number of hydrogen-bond donors (Lipinski definition) is 3. The zero-order valence-electron chi connectivity index (χ0n) is 10.3. The maximum Gasteiger partial charge on any atom is 0.245 e. The molecule has 6 nitrogen and oxygen atoms in total. The van der Waals surface area contributed by atoms with E-state index in [0.29, 0.717) is 23.6 Å². The van der Waals surface area contributed by atoms with Crippen LogP contribution in [0.15, 0.2) is 22.6 Å². The molecule has 1 atom stereocenters. The molecule has 0 saturated carbocycles. The Morgan fingerprint density at radius 1 is 1.50 bits per heavy atom. The minimum Gasteiger partial charge on any atom is -0.491 e. The Hall–Kier alpha value is -1.60. The van der Waals surface area contributed by atoms with Crippen LogP contribution in [0.5, 0.6) is 5.75 Å². The third-order valence-electron chi connectivity index (χ3n) is 2.26. The third kappa shape index (κ3) is 2.80. The fraction of sp³-hybridized carbons (Fsp3) is 0.364. The molecule has 1 aliphatic rings. The largest absolute Gasteiger partial charge is 0.491 e. The average Bonchev–Trinajstić information content (AvgIpc) is 2.24. The van der Waals surface area contributed by atoms with E-state index < -0.39 is 16.7 Å². The van der Waals surface area contributed by atoms with Gasteiger partial charge in [-0.2, -0.15) is 4.40 Å². The lowest BCUT2D eigenvalue weighted by atomic mass is 10.1. The zero-order chi connectivity index (χ0) is 13.3. The van der Waals surface area contributed by atoms with Gasteiger partial charge in [0.25, 0.3) is 0 Å². The first-order valence-corrected chi connectivity index (χ1v) is 6.55. The second-order valence-corrected chi connectivity index (χ2v) is 5.67. The average molecular weight is 268 g/mol. The zero-order valence-corrected chi connectivity index (χ0v) is 11.1. The molecule has 0 saturated heterocycles. The highest BCUT2D eigenvalue weighted by Gasteiger charge is 2.21. The summed E-state index contributed by atoms with van der Waals surface area (Å²) in [5.74, 6) is 0.781. The Bertz CT molecular complexity index is 522. The molecular weight excluding hydrogens is 252 g/mol. The van der Waals surface area contributed by atoms with Crippen molar-refractivity contribution >= 4 is 22.7 Å². The number of benzene rings is 1. The Kier molecular flexibility index (Phi) is 3.27. The molecule has 7 heteroatoms. The summed E-state index contributed by atoms with van der Waals surface area (Å²) >= 11 is -1.53. The normalized spacial score (nSPS) is 18.6. The standard InChI is InChI=1S/C11H16N4O2S/c1-11(2,13)6-17-8-5-3-4-7-9(8)10(12)15-18(16)14-7/h3-5,14H,6,13H2,1-2H3,(H2,12,15). The number of rotatable bonds is 3. The number of nitrogens with one attached hydrogen (secondary N) is 1. The molecule has 0 aliphatic carbocycles. The van der Waals surface area contributed by atoms with Crippen LogP contribution in [0.25, 0.3) is 0 Å². The van der Waals surface area contributed by atoms with Gasteiger partial charge >= 0.3 is 0 Å². The van der Waals surface area contributed by atoms with Crippen LogP contribution in [-0.2, 0) is 11.2 Å². The lowest BCUT2D eigenvalue weighted by Crippen LogP contribution is -2.39. The summed E-state index contributed by atoms with van der Waals surface area (Å²) in [6.07, 6.45) is 0. The number of nitrogens with two attached hydrogens (primary N) is 2. The first-order chi connectivity index (χ1) is 8.37. The van der Waals surface area contributed by atoms with Crippen molar-refractivity contribution in [1.29, 1.82) is 0 Å². The molecule has 1 heterocycles. The maximum absolute atomic E-state index is 11.3. The van der Waals surface area contributed by atoms with Gasteiger partial charge in [0.1, 0.15) is 18.2 Å². The molecule has 0 amide bonds. The second-order valence-electron chi connectivity index (χ2n) is 4.78. The molecular formula is C11H16N4O2S. The van der Waals surface area contributed by atoms with E-state index in [4.69, 9.17) is 16.2 Å². The van der Waals surface area contributed by atoms with Gasteiger partial charge in [0.05, 0.1) is 11.3 Å². The smallest absolute Gasteiger partial charge is 0.245 e. The number of fused-ring (bicyclic) bond motifs is 1. The van der Waals surface area contributed by atoms with E-state index >= 15 is 0 Å². The Labute approximate surface area is 108 Å². The number of ether oxygens (including phenoxy) is 1. The van der Waals surface area contributed by atoms with Crippen LogP contribution in [0.1, 0.15) is 19.4 Å². The van der Waals surface area contributed by atoms with E-state index in [1.54, 1.807) is 18.2 Å². The maximum atomic E-state index is 11.3. The Morgan fingerprint density at radius 2 is 2.22 bits per heavy atom. The van der Waals surface area contributed by atoms with Crippen molar-refractivity contribution in [3.05, 3.63) is 23.8 Å². The van der Waals surface area contributed by atoms with Crippen LogP contribution < -0.4 is 20.9 Å². The van der Waals surface area contributed by atoms with E-state index in [1.165, 1.54) is 0 Å². The lowest BCUT2D eigenvalue weighted by molar-refractivity contribution is 0.243. The highest BCUT2D eigenvalue weighted by Crippen LogP contribution is 2.29. The van der Waals surface area contributed by atoms with Crippen molar-refractivity contribution in [3.8, 4) is 5.75 Å². The van der Waals surface area contributed by atoms with Gasteiger partial charge < -0.3 is 16.2 Å². The Morgan fingerprint density at radius 3 is 2.89 bits per heavy atom. The first kappa shape index (κ1) is 12.8. The molecule has 0 fully saturated rings. The van der Waals surface area contributed by atoms with Crippen LogP contribution in [0.2, 0.25) is 0 Å². The SMILES string of the molecule is CC(C)(N)COc1cccc2c1C(N)=NS(=O)N2. The van der Waals surface area contributed by atoms with Gasteiger partial charge in [0, 0.05) is 5.54 Å². The molecule has 0 spiro atoms. The molecule has 1 unspecified atom stereocenters. The van der Waals surface area contributed by atoms with Crippen molar-refractivity contribution in [2.24, 2.45) is 15.9 Å². The predicted octanol–water partition coefficient (Wildman–Crippen LogP) is 0.512. The lowest BCUT2D eigenvalue weighted by Gasteiger charge is -2.22. The number of nitrogens with zero attached hydrogens (tertiary/aromatic N) is 1. The van der Waals surface area contributed by atoms with Gasteiger partial charge in [0.15, 0.2) is 0 Å². The molecule has 1 aromatic carbocycles. The molecule has 1 aliphatic heterocycles. The fourth-order valence-electron chi connectivity index (χ4n) is 1.52. The molecule has 18 heavy (non-hydrogen) atoms. The van der Waals surface area contributed by atoms with Crippen molar-refractivity contribution in [2.45, 2.75) is 19.4 Å². The van der Waals surface area contributed by atoms with Crippen LogP contribution in [-0.4, -0.2) is 22.2 Å². The summed E-state index contributed by atoms with van der Waals surface area (Å²) in [4.78, 5) is 0. The monoisotopic (exact) mass is 268 g/mol. The van der Waals surface area contributed by atoms with E-state index in [-0.39, 0.29) is 5.84 Å². The fourth-order valence-corrected chi connectivity index (χ4v) is 2.19. The third-order valence-corrected chi connectivity index (χ3v) is 3.02. The van der Waals surface area contributed by atoms with E-state index in [1.807, 2.05) is 13.8 Å². The second kappa shape index (κ2) is 4.58. The molecule has 0 bridgehead atoms. The molecule has 0 radical (unpaired) electrons. The van der Waals surface area contributed by atoms with Gasteiger partial charge in [-0.3, -0.25) is 4.72 Å². The van der Waals surface area contributed by atoms with Gasteiger partial charge in [0.2, 0.25) is 11.2 Å². The summed E-state index contributed by atoms with van der Waals surface area (Å²) < 4.78 is 23.5. The van der Waals surface area contributed by atoms with Crippen molar-refractivity contribution in [3.63, 3.8) is 0 Å². The van der Waals surface area contributed by atoms with Gasteiger partial charge in [-0.05, 0) is 26.0 Å². The summed E-state index contributed by atoms with van der Waals surface area (Å²) in [7, 11) is 0. The van der Waals surface area contributed by atoms with E-state index in [2.05, 4.69) is 9.12 Å². The van der Waals surface area contributed by atoms with Crippen molar-refractivity contribution in [1.82, 2.24) is 0 Å². The number of anilines is 1. The molecule has 1 aromatic rings. The van der Waals surface area contributed by atoms with E-state index in [0.717, 1.165) is 0 Å². The summed E-state index contributed by atoms with van der Waals surface area (Å²) in [5, 5.41) is 0. The highest BCUT2D eigenvalue weighted by atomic mass is 32.2. The number of amidine groups is 1. The minimum atomic E-state index is -1.53. The van der Waals surface area contributed by atoms with Gasteiger partial charge in [-0.15, -0.1) is 0 Å². The van der Waals surface area contributed by atoms with E-state index in [9.17, 15) is 4.21 Å². The van der Waals surface area contributed by atoms with Gasteiger partial charge in [-0.1, -0.05) is 6.07 Å². The molecule has 2 rings (SSSR count). The van der Waals surface area contributed by atoms with Crippen LogP contribution >= 0.6 is 0 Å². The molecule has 98 valence electrons. The van der Waals surface area contributed by atoms with Gasteiger partial charge in [-0.25, -0.2) is 4.21 Å².